The van der Waals surface area contributed by atoms with Crippen molar-refractivity contribution >= 4 is 28.0 Å². The van der Waals surface area contributed by atoms with Crippen molar-refractivity contribution in [3.8, 4) is 5.75 Å². The van der Waals surface area contributed by atoms with Crippen LogP contribution in [-0.4, -0.2) is 27.6 Å². The van der Waals surface area contributed by atoms with Crippen molar-refractivity contribution in [2.45, 2.75) is 20.1 Å². The van der Waals surface area contributed by atoms with Gasteiger partial charge in [0, 0.05) is 10.0 Å². The molecule has 0 atom stereocenters. The zero-order valence-corrected chi connectivity index (χ0v) is 13.5. The highest BCUT2D eigenvalue weighted by atomic mass is 79.9. The molecule has 1 aromatic heterocycles. The summed E-state index contributed by atoms with van der Waals surface area (Å²) in [5, 5.41) is 7.88. The third-order valence-electron chi connectivity index (χ3n) is 3.23. The van der Waals surface area contributed by atoms with Crippen molar-refractivity contribution in [2.75, 3.05) is 6.61 Å². The Hall–Kier alpha value is -2.15. The maximum absolute atomic E-state index is 12.2. The fraction of sp³-hybridized carbons (Fsp3) is 0.267. The molecule has 114 valence electrons. The fourth-order valence-corrected chi connectivity index (χ4v) is 2.56. The number of ether oxygens (including phenoxy) is 2. The van der Waals surface area contributed by atoms with Crippen molar-refractivity contribution in [1.82, 2.24) is 15.0 Å². The minimum Gasteiger partial charge on any atom is -0.487 e. The zero-order valence-electron chi connectivity index (χ0n) is 12.0. The molecule has 0 N–H and O–H groups in total. The standard InChI is InChI=1S/C15H14BrN3O3/c1-2-21-15(20)11-5-10-6-12(16)3-4-14(10)22-9-13-7-17-18-19(13)8-11/h3-7H,2,8-9H2,1H3/b11-5+. The second kappa shape index (κ2) is 6.31. The van der Waals surface area contributed by atoms with E-state index >= 15 is 0 Å². The topological polar surface area (TPSA) is 66.2 Å². The number of halogens is 1. The van der Waals surface area contributed by atoms with Crippen LogP contribution in [0.15, 0.2) is 34.4 Å². The summed E-state index contributed by atoms with van der Waals surface area (Å²) in [6.45, 7) is 2.74. The Morgan fingerprint density at radius 3 is 3.18 bits per heavy atom. The van der Waals surface area contributed by atoms with Crippen molar-refractivity contribution in [2.24, 2.45) is 0 Å². The second-order valence-corrected chi connectivity index (χ2v) is 5.66. The molecule has 0 bridgehead atoms. The summed E-state index contributed by atoms with van der Waals surface area (Å²) in [5.41, 5.74) is 2.11. The third kappa shape index (κ3) is 3.04. The molecule has 0 saturated carbocycles. The van der Waals surface area contributed by atoms with Crippen LogP contribution < -0.4 is 4.74 Å². The average Bonchev–Trinajstić information content (AvgIpc) is 2.94. The van der Waals surface area contributed by atoms with Crippen molar-refractivity contribution in [3.05, 3.63) is 45.7 Å². The summed E-state index contributed by atoms with van der Waals surface area (Å²) in [4.78, 5) is 12.2. The van der Waals surface area contributed by atoms with Crippen LogP contribution in [0, 0.1) is 0 Å². The molecule has 0 amide bonds. The molecular weight excluding hydrogens is 350 g/mol. The fourth-order valence-electron chi connectivity index (χ4n) is 2.18. The van der Waals surface area contributed by atoms with Crippen LogP contribution in [-0.2, 0) is 22.7 Å². The van der Waals surface area contributed by atoms with Crippen molar-refractivity contribution in [3.63, 3.8) is 0 Å². The Bertz CT molecular complexity index is 739. The highest BCUT2D eigenvalue weighted by molar-refractivity contribution is 9.10. The molecule has 1 aliphatic heterocycles. The van der Waals surface area contributed by atoms with Gasteiger partial charge < -0.3 is 9.47 Å². The maximum Gasteiger partial charge on any atom is 0.335 e. The molecule has 0 fully saturated rings. The van der Waals surface area contributed by atoms with Gasteiger partial charge in [0.25, 0.3) is 0 Å². The molecule has 22 heavy (non-hydrogen) atoms. The predicted molar refractivity (Wildman–Crippen MR) is 83.1 cm³/mol. The summed E-state index contributed by atoms with van der Waals surface area (Å²) in [6.07, 6.45) is 3.40. The van der Waals surface area contributed by atoms with Gasteiger partial charge in [-0.05, 0) is 31.2 Å². The van der Waals surface area contributed by atoms with Gasteiger partial charge in [0.1, 0.15) is 12.4 Å². The normalized spacial score (nSPS) is 16.0. The predicted octanol–water partition coefficient (Wildman–Crippen LogP) is 2.58. The molecule has 1 aliphatic rings. The molecular formula is C15H14BrN3O3. The van der Waals surface area contributed by atoms with E-state index in [2.05, 4.69) is 26.2 Å². The molecule has 0 saturated heterocycles. The van der Waals surface area contributed by atoms with Gasteiger partial charge in [-0.1, -0.05) is 21.1 Å². The minimum absolute atomic E-state index is 0.295. The highest BCUT2D eigenvalue weighted by Gasteiger charge is 2.18. The number of hydrogen-bond acceptors (Lipinski definition) is 5. The van der Waals surface area contributed by atoms with E-state index < -0.39 is 0 Å². The molecule has 1 aromatic carbocycles. The summed E-state index contributed by atoms with van der Waals surface area (Å²) < 4.78 is 13.5. The quantitative estimate of drug-likeness (QED) is 0.767. The summed E-state index contributed by atoms with van der Waals surface area (Å²) in [5.74, 6) is 0.330. The van der Waals surface area contributed by atoms with Crippen LogP contribution in [0.4, 0.5) is 0 Å². The Morgan fingerprint density at radius 2 is 2.36 bits per heavy atom. The van der Waals surface area contributed by atoms with E-state index in [-0.39, 0.29) is 5.97 Å². The largest absolute Gasteiger partial charge is 0.487 e. The van der Waals surface area contributed by atoms with E-state index in [9.17, 15) is 4.79 Å². The number of hydrogen-bond donors (Lipinski definition) is 0. The third-order valence-corrected chi connectivity index (χ3v) is 3.73. The molecule has 0 spiro atoms. The van der Waals surface area contributed by atoms with Crippen LogP contribution in [0.25, 0.3) is 6.08 Å². The molecule has 3 rings (SSSR count). The molecule has 0 unspecified atom stereocenters. The highest BCUT2D eigenvalue weighted by Crippen LogP contribution is 2.28. The van der Waals surface area contributed by atoms with Crippen LogP contribution >= 0.6 is 15.9 Å². The lowest BCUT2D eigenvalue weighted by Crippen LogP contribution is -2.15. The van der Waals surface area contributed by atoms with Crippen LogP contribution in [0.5, 0.6) is 5.75 Å². The monoisotopic (exact) mass is 363 g/mol. The van der Waals surface area contributed by atoms with Gasteiger partial charge in [-0.15, -0.1) is 5.10 Å². The molecule has 6 nitrogen and oxygen atoms in total. The Labute approximate surface area is 135 Å². The lowest BCUT2D eigenvalue weighted by Gasteiger charge is -2.08. The first-order valence-electron chi connectivity index (χ1n) is 6.85. The van der Waals surface area contributed by atoms with Crippen molar-refractivity contribution in [1.29, 1.82) is 0 Å². The number of rotatable bonds is 2. The van der Waals surface area contributed by atoms with Gasteiger partial charge in [0.2, 0.25) is 0 Å². The summed E-state index contributed by atoms with van der Waals surface area (Å²) in [6, 6.07) is 5.66. The lowest BCUT2D eigenvalue weighted by atomic mass is 10.1. The molecule has 0 radical (unpaired) electrons. The number of carbonyl (C=O) groups excluding carboxylic acids is 1. The minimum atomic E-state index is -0.364. The Morgan fingerprint density at radius 1 is 1.50 bits per heavy atom. The smallest absolute Gasteiger partial charge is 0.335 e. The number of benzene rings is 1. The van der Waals surface area contributed by atoms with Gasteiger partial charge in [-0.25, -0.2) is 9.48 Å². The first-order chi connectivity index (χ1) is 10.7. The molecule has 2 aromatic rings. The lowest BCUT2D eigenvalue weighted by molar-refractivity contribution is -0.138. The summed E-state index contributed by atoms with van der Waals surface area (Å²) >= 11 is 3.43. The number of carbonyl (C=O) groups is 1. The van der Waals surface area contributed by atoms with E-state index in [1.807, 2.05) is 18.2 Å². The molecule has 2 heterocycles. The number of nitrogens with zero attached hydrogens (tertiary/aromatic N) is 3. The summed E-state index contributed by atoms with van der Waals surface area (Å²) in [7, 11) is 0. The van der Waals surface area contributed by atoms with Crippen LogP contribution in [0.2, 0.25) is 0 Å². The van der Waals surface area contributed by atoms with Crippen LogP contribution in [0.1, 0.15) is 18.2 Å². The molecule has 0 aliphatic carbocycles. The van der Waals surface area contributed by atoms with E-state index in [0.717, 1.165) is 15.7 Å². The SMILES string of the molecule is CCOC(=O)/C1=C/c2cc(Br)ccc2OCc2cnnn2C1. The Balaban J connectivity index is 2.08. The van der Waals surface area contributed by atoms with Gasteiger partial charge in [0.15, 0.2) is 0 Å². The van der Waals surface area contributed by atoms with Gasteiger partial charge in [0.05, 0.1) is 30.6 Å². The Kier molecular flexibility index (Phi) is 4.24. The average molecular weight is 364 g/mol. The maximum atomic E-state index is 12.2. The first-order valence-corrected chi connectivity index (χ1v) is 7.64. The van der Waals surface area contributed by atoms with Gasteiger partial charge in [-0.2, -0.15) is 0 Å². The van der Waals surface area contributed by atoms with E-state index in [1.165, 1.54) is 0 Å². The van der Waals surface area contributed by atoms with Crippen LogP contribution in [0.3, 0.4) is 0 Å². The van der Waals surface area contributed by atoms with E-state index in [1.54, 1.807) is 23.9 Å². The van der Waals surface area contributed by atoms with Gasteiger partial charge >= 0.3 is 5.97 Å². The second-order valence-electron chi connectivity index (χ2n) is 4.74. The number of fused-ring (bicyclic) bond motifs is 2. The first kappa shape index (κ1) is 14.8. The zero-order chi connectivity index (χ0) is 15.5. The van der Waals surface area contributed by atoms with Crippen molar-refractivity contribution < 1.29 is 14.3 Å². The van der Waals surface area contributed by atoms with Gasteiger partial charge in [-0.3, -0.25) is 0 Å². The number of esters is 1. The number of aromatic nitrogens is 3. The molecule has 7 heteroatoms. The van der Waals surface area contributed by atoms with E-state index in [4.69, 9.17) is 9.47 Å². The van der Waals surface area contributed by atoms with E-state index in [0.29, 0.717) is 31.1 Å².